The molecule has 1 saturated heterocycles. The molecule has 37 heavy (non-hydrogen) atoms. The van der Waals surface area contributed by atoms with Crippen molar-refractivity contribution in [2.75, 3.05) is 26.3 Å². The van der Waals surface area contributed by atoms with E-state index < -0.39 is 5.63 Å². The lowest BCUT2D eigenvalue weighted by molar-refractivity contribution is 0.139. The van der Waals surface area contributed by atoms with E-state index in [0.29, 0.717) is 35.8 Å². The first-order chi connectivity index (χ1) is 18.1. The molecule has 1 aliphatic rings. The summed E-state index contributed by atoms with van der Waals surface area (Å²) in [7, 11) is 0. The predicted octanol–water partition coefficient (Wildman–Crippen LogP) is 5.16. The highest BCUT2D eigenvalue weighted by atomic mass is 16.6. The second-order valence-electron chi connectivity index (χ2n) is 9.73. The van der Waals surface area contributed by atoms with Crippen LogP contribution in [0, 0.1) is 0 Å². The van der Waals surface area contributed by atoms with Crippen LogP contribution in [-0.4, -0.2) is 51.9 Å². The van der Waals surface area contributed by atoms with Crippen molar-refractivity contribution in [1.29, 1.82) is 0 Å². The van der Waals surface area contributed by atoms with Crippen molar-refractivity contribution in [3.8, 4) is 5.75 Å². The summed E-state index contributed by atoms with van der Waals surface area (Å²) < 4.78 is 13.2. The molecule has 3 heterocycles. The van der Waals surface area contributed by atoms with Gasteiger partial charge in [-0.15, -0.1) is 5.10 Å². The fourth-order valence-electron chi connectivity index (χ4n) is 4.44. The van der Waals surface area contributed by atoms with Crippen LogP contribution in [0.25, 0.3) is 11.0 Å². The maximum Gasteiger partial charge on any atom is 0.345 e. The van der Waals surface area contributed by atoms with Crippen molar-refractivity contribution >= 4 is 16.7 Å². The number of ether oxygens (including phenoxy) is 1. The Balaban J connectivity index is 1.15. The van der Waals surface area contributed by atoms with Crippen LogP contribution in [0.1, 0.15) is 76.5 Å². The summed E-state index contributed by atoms with van der Waals surface area (Å²) in [5, 5.41) is 13.5. The van der Waals surface area contributed by atoms with Gasteiger partial charge in [0.25, 0.3) is 0 Å². The van der Waals surface area contributed by atoms with Gasteiger partial charge in [-0.1, -0.05) is 30.1 Å². The highest BCUT2D eigenvalue weighted by Gasteiger charge is 2.13. The highest BCUT2D eigenvalue weighted by molar-refractivity contribution is 6.00. The molecule has 0 aliphatic carbocycles. The Morgan fingerprint density at radius 2 is 1.92 bits per heavy atom. The molecule has 1 aromatic carbocycles. The third kappa shape index (κ3) is 8.15. The Kier molecular flexibility index (Phi) is 10.1. The molecular formula is C28H39N5O4. The molecule has 0 bridgehead atoms. The summed E-state index contributed by atoms with van der Waals surface area (Å²) in [4.78, 5) is 20.4. The van der Waals surface area contributed by atoms with Gasteiger partial charge in [-0.3, -0.25) is 9.58 Å². The Morgan fingerprint density at radius 3 is 2.76 bits per heavy atom. The van der Waals surface area contributed by atoms with Crippen LogP contribution in [0.2, 0.25) is 0 Å². The SMILES string of the molecule is CCCCOc1ccc2cc(/C(C)=N/OCCCCCCn3cc(CN4CCCC4)nn3)c(=O)oc2c1. The summed E-state index contributed by atoms with van der Waals surface area (Å²) in [6.45, 7) is 9.17. The number of benzene rings is 1. The lowest BCUT2D eigenvalue weighted by Gasteiger charge is -2.11. The van der Waals surface area contributed by atoms with E-state index in [1.807, 2.05) is 16.8 Å². The van der Waals surface area contributed by atoms with Gasteiger partial charge in [0.1, 0.15) is 17.9 Å². The second kappa shape index (κ2) is 13.9. The van der Waals surface area contributed by atoms with Crippen LogP contribution in [0.5, 0.6) is 5.75 Å². The lowest BCUT2D eigenvalue weighted by atomic mass is 10.1. The van der Waals surface area contributed by atoms with E-state index >= 15 is 0 Å². The standard InChI is InChI=1S/C28H39N5O4/c1-3-4-16-35-25-12-11-23-18-26(28(34)37-27(23)19-25)22(2)30-36-17-10-6-5-7-15-33-21-24(29-31-33)20-32-13-8-9-14-32/h11-12,18-19,21H,3-10,13-17,20H2,1-2H3/b30-22+. The monoisotopic (exact) mass is 509 g/mol. The molecular weight excluding hydrogens is 470 g/mol. The van der Waals surface area contributed by atoms with E-state index in [1.165, 1.54) is 25.9 Å². The number of rotatable bonds is 15. The third-order valence-corrected chi connectivity index (χ3v) is 6.61. The topological polar surface area (TPSA) is 95.0 Å². The van der Waals surface area contributed by atoms with Crippen LogP contribution >= 0.6 is 0 Å². The number of oxime groups is 1. The maximum absolute atomic E-state index is 12.5. The lowest BCUT2D eigenvalue weighted by Crippen LogP contribution is -2.18. The molecule has 200 valence electrons. The smallest absolute Gasteiger partial charge is 0.345 e. The molecule has 0 radical (unpaired) electrons. The van der Waals surface area contributed by atoms with Crippen LogP contribution in [0.4, 0.5) is 0 Å². The van der Waals surface area contributed by atoms with E-state index in [-0.39, 0.29) is 0 Å². The van der Waals surface area contributed by atoms with Crippen molar-refractivity contribution < 1.29 is 14.0 Å². The van der Waals surface area contributed by atoms with Gasteiger partial charge in [-0.25, -0.2) is 4.79 Å². The number of nitrogens with zero attached hydrogens (tertiary/aromatic N) is 5. The zero-order valence-electron chi connectivity index (χ0n) is 22.2. The molecule has 2 aromatic heterocycles. The fourth-order valence-corrected chi connectivity index (χ4v) is 4.44. The van der Waals surface area contributed by atoms with Crippen LogP contribution in [-0.2, 0) is 17.9 Å². The molecule has 0 atom stereocenters. The maximum atomic E-state index is 12.5. The minimum absolute atomic E-state index is 0.407. The van der Waals surface area contributed by atoms with Crippen molar-refractivity contribution in [3.63, 3.8) is 0 Å². The molecule has 0 N–H and O–H groups in total. The fraction of sp³-hybridized carbons (Fsp3) is 0.571. The second-order valence-corrected chi connectivity index (χ2v) is 9.73. The molecule has 0 spiro atoms. The van der Waals surface area contributed by atoms with E-state index in [0.717, 1.165) is 62.7 Å². The first-order valence-electron chi connectivity index (χ1n) is 13.6. The minimum Gasteiger partial charge on any atom is -0.493 e. The molecule has 3 aromatic rings. The van der Waals surface area contributed by atoms with Crippen molar-refractivity contribution in [2.24, 2.45) is 5.16 Å². The zero-order chi connectivity index (χ0) is 25.9. The highest BCUT2D eigenvalue weighted by Crippen LogP contribution is 2.21. The zero-order valence-corrected chi connectivity index (χ0v) is 22.2. The van der Waals surface area contributed by atoms with Gasteiger partial charge in [0.15, 0.2) is 0 Å². The van der Waals surface area contributed by atoms with Gasteiger partial charge in [-0.2, -0.15) is 0 Å². The average molecular weight is 510 g/mol. The Morgan fingerprint density at radius 1 is 1.08 bits per heavy atom. The van der Waals surface area contributed by atoms with Crippen molar-refractivity contribution in [3.05, 3.63) is 52.1 Å². The number of hydrogen-bond donors (Lipinski definition) is 0. The molecule has 0 amide bonds. The van der Waals surface area contributed by atoms with E-state index in [4.69, 9.17) is 14.0 Å². The average Bonchev–Trinajstić information content (AvgIpc) is 3.57. The first-order valence-corrected chi connectivity index (χ1v) is 13.6. The molecule has 1 fully saturated rings. The summed E-state index contributed by atoms with van der Waals surface area (Å²) in [6.07, 6.45) is 10.8. The van der Waals surface area contributed by atoms with Gasteiger partial charge in [-0.05, 0) is 76.7 Å². The van der Waals surface area contributed by atoms with Gasteiger partial charge in [0, 0.05) is 30.7 Å². The van der Waals surface area contributed by atoms with Gasteiger partial charge >= 0.3 is 5.63 Å². The van der Waals surface area contributed by atoms with Crippen molar-refractivity contribution in [2.45, 2.75) is 78.3 Å². The molecule has 4 rings (SSSR count). The summed E-state index contributed by atoms with van der Waals surface area (Å²) in [6, 6.07) is 7.33. The molecule has 1 aliphatic heterocycles. The van der Waals surface area contributed by atoms with E-state index in [9.17, 15) is 4.79 Å². The number of fused-ring (bicyclic) bond motifs is 1. The predicted molar refractivity (Wildman–Crippen MR) is 144 cm³/mol. The first kappa shape index (κ1) is 26.9. The Hall–Kier alpha value is -3.20. The Bertz CT molecular complexity index is 1210. The van der Waals surface area contributed by atoms with E-state index in [2.05, 4.69) is 33.5 Å². The van der Waals surface area contributed by atoms with Crippen LogP contribution < -0.4 is 10.4 Å². The summed E-state index contributed by atoms with van der Waals surface area (Å²) in [5.41, 5.74) is 2.05. The summed E-state index contributed by atoms with van der Waals surface area (Å²) >= 11 is 0. The Labute approximate surface area is 218 Å². The van der Waals surface area contributed by atoms with E-state index in [1.54, 1.807) is 19.1 Å². The normalized spacial score (nSPS) is 14.5. The quantitative estimate of drug-likeness (QED) is 0.121. The van der Waals surface area contributed by atoms with Crippen molar-refractivity contribution in [1.82, 2.24) is 19.9 Å². The number of unbranched alkanes of at least 4 members (excludes halogenated alkanes) is 4. The summed E-state index contributed by atoms with van der Waals surface area (Å²) in [5.74, 6) is 0.703. The number of hydrogen-bond acceptors (Lipinski definition) is 8. The number of aromatic nitrogens is 3. The molecule has 0 saturated carbocycles. The van der Waals surface area contributed by atoms with Gasteiger partial charge < -0.3 is 14.0 Å². The number of aryl methyl sites for hydroxylation is 1. The molecule has 9 nitrogen and oxygen atoms in total. The largest absolute Gasteiger partial charge is 0.493 e. The number of likely N-dealkylation sites (tertiary alicyclic amines) is 1. The molecule has 9 heteroatoms. The van der Waals surface area contributed by atoms with Crippen LogP contribution in [0.3, 0.4) is 0 Å². The van der Waals surface area contributed by atoms with Gasteiger partial charge in [0.2, 0.25) is 0 Å². The third-order valence-electron chi connectivity index (χ3n) is 6.61. The van der Waals surface area contributed by atoms with Gasteiger partial charge in [0.05, 0.1) is 23.6 Å². The molecule has 0 unspecified atom stereocenters. The van der Waals surface area contributed by atoms with Crippen LogP contribution in [0.15, 0.2) is 44.8 Å². The minimum atomic E-state index is -0.431.